The lowest BCUT2D eigenvalue weighted by Gasteiger charge is -2.13. The third-order valence-electron chi connectivity index (χ3n) is 5.60. The van der Waals surface area contributed by atoms with Crippen molar-refractivity contribution < 1.29 is 14.4 Å². The molecule has 6 N–H and O–H groups in total. The molecule has 192 valence electrons. The fraction of sp³-hybridized carbons (Fsp3) is 0.240. The lowest BCUT2D eigenvalue weighted by atomic mass is 10.1. The summed E-state index contributed by atoms with van der Waals surface area (Å²) in [6.07, 6.45) is 3.16. The number of nitrogens with one attached hydrogen (secondary N) is 6. The monoisotopic (exact) mass is 522 g/mol. The van der Waals surface area contributed by atoms with Crippen LogP contribution in [0.25, 0.3) is 0 Å². The average Bonchev–Trinajstić information content (AvgIpc) is 3.45. The number of hydrogen-bond acceptors (Lipinski definition) is 8. The number of carbonyl (C=O) groups is 3. The Morgan fingerprint density at radius 3 is 2.68 bits per heavy atom. The molecule has 3 amide bonds. The number of carbonyl (C=O) groups excluding carboxylic acids is 3. The van der Waals surface area contributed by atoms with E-state index in [2.05, 4.69) is 41.9 Å². The van der Waals surface area contributed by atoms with Gasteiger partial charge in [0.1, 0.15) is 5.02 Å². The molecule has 0 saturated carbocycles. The van der Waals surface area contributed by atoms with Gasteiger partial charge in [-0.3, -0.25) is 14.4 Å². The lowest BCUT2D eigenvalue weighted by Crippen LogP contribution is -2.43. The van der Waals surface area contributed by atoms with Crippen LogP contribution in [0.5, 0.6) is 0 Å². The van der Waals surface area contributed by atoms with Gasteiger partial charge in [0.2, 0.25) is 17.8 Å². The Morgan fingerprint density at radius 1 is 1.08 bits per heavy atom. The van der Waals surface area contributed by atoms with E-state index in [1.165, 1.54) is 6.20 Å². The summed E-state index contributed by atoms with van der Waals surface area (Å²) in [5, 5.41) is 17.5. The van der Waals surface area contributed by atoms with Crippen LogP contribution >= 0.6 is 11.6 Å². The topological polar surface area (TPSA) is 149 Å². The third kappa shape index (κ3) is 6.93. The number of benzene rings is 2. The summed E-state index contributed by atoms with van der Waals surface area (Å²) in [4.78, 5) is 45.2. The van der Waals surface area contributed by atoms with Crippen LogP contribution in [0.15, 0.2) is 54.7 Å². The number of hydrogen-bond donors (Lipinski definition) is 6. The summed E-state index contributed by atoms with van der Waals surface area (Å²) in [6.45, 7) is 0.684. The van der Waals surface area contributed by atoms with Gasteiger partial charge >= 0.3 is 0 Å². The summed E-state index contributed by atoms with van der Waals surface area (Å²) in [6, 6.07) is 13.7. The molecule has 1 aliphatic heterocycles. The molecule has 1 aliphatic rings. The molecular formula is C25H27ClN8O3. The Labute approximate surface area is 218 Å². The maximum atomic E-state index is 12.3. The van der Waals surface area contributed by atoms with Gasteiger partial charge < -0.3 is 31.9 Å². The van der Waals surface area contributed by atoms with E-state index in [4.69, 9.17) is 11.6 Å². The fourth-order valence-electron chi connectivity index (χ4n) is 3.78. The fourth-order valence-corrected chi connectivity index (χ4v) is 3.91. The van der Waals surface area contributed by atoms with E-state index < -0.39 is 0 Å². The first-order valence-corrected chi connectivity index (χ1v) is 12.1. The number of anilines is 5. The van der Waals surface area contributed by atoms with Crippen molar-refractivity contribution in [2.45, 2.75) is 18.9 Å². The molecule has 1 aromatic heterocycles. The molecule has 0 radical (unpaired) electrons. The van der Waals surface area contributed by atoms with Crippen molar-refractivity contribution in [3.05, 3.63) is 65.3 Å². The molecule has 4 rings (SSSR count). The molecular weight excluding hydrogens is 496 g/mol. The zero-order valence-corrected chi connectivity index (χ0v) is 20.9. The molecule has 1 saturated heterocycles. The minimum Gasteiger partial charge on any atom is -0.355 e. The second-order valence-corrected chi connectivity index (χ2v) is 8.67. The van der Waals surface area contributed by atoms with Gasteiger partial charge in [-0.15, -0.1) is 0 Å². The second kappa shape index (κ2) is 12.2. The summed E-state index contributed by atoms with van der Waals surface area (Å²) in [5.74, 6) is -0.199. The highest BCUT2D eigenvalue weighted by Crippen LogP contribution is 2.27. The van der Waals surface area contributed by atoms with E-state index in [-0.39, 0.29) is 41.3 Å². The van der Waals surface area contributed by atoms with Crippen molar-refractivity contribution in [2.24, 2.45) is 0 Å². The number of para-hydroxylation sites is 1. The molecule has 1 fully saturated rings. The Hall–Kier alpha value is -4.22. The number of halogens is 1. The maximum absolute atomic E-state index is 12.3. The Bertz CT molecular complexity index is 1300. The van der Waals surface area contributed by atoms with Gasteiger partial charge in [0.25, 0.3) is 5.91 Å². The molecule has 1 unspecified atom stereocenters. The highest BCUT2D eigenvalue weighted by molar-refractivity contribution is 6.33. The van der Waals surface area contributed by atoms with E-state index in [1.54, 1.807) is 55.6 Å². The van der Waals surface area contributed by atoms with Crippen molar-refractivity contribution in [2.75, 3.05) is 36.1 Å². The molecule has 37 heavy (non-hydrogen) atoms. The molecule has 2 aromatic carbocycles. The first-order chi connectivity index (χ1) is 17.9. The molecule has 3 aromatic rings. The first-order valence-electron chi connectivity index (χ1n) is 11.7. The number of aromatic nitrogens is 2. The van der Waals surface area contributed by atoms with Crippen LogP contribution in [0.3, 0.4) is 0 Å². The Kier molecular flexibility index (Phi) is 8.49. The highest BCUT2D eigenvalue weighted by atomic mass is 35.5. The molecule has 12 heteroatoms. The number of amides is 3. The van der Waals surface area contributed by atoms with Crippen molar-refractivity contribution in [3.8, 4) is 0 Å². The van der Waals surface area contributed by atoms with Crippen LogP contribution in [-0.2, 0) is 9.59 Å². The zero-order valence-electron chi connectivity index (χ0n) is 20.1. The van der Waals surface area contributed by atoms with E-state index >= 15 is 0 Å². The highest BCUT2D eigenvalue weighted by Gasteiger charge is 2.22. The summed E-state index contributed by atoms with van der Waals surface area (Å²) in [7, 11) is 1.55. The average molecular weight is 523 g/mol. The van der Waals surface area contributed by atoms with Gasteiger partial charge in [-0.2, -0.15) is 4.98 Å². The van der Waals surface area contributed by atoms with E-state index in [0.717, 1.165) is 19.4 Å². The SMILES string of the molecule is CNC(=O)c1ccccc1Nc1nc(Nc2cccc(NC(=O)CNC(=O)C3CCCN3)c2)ncc1Cl. The molecule has 0 bridgehead atoms. The van der Waals surface area contributed by atoms with Crippen LogP contribution in [0.4, 0.5) is 28.8 Å². The van der Waals surface area contributed by atoms with Crippen LogP contribution in [0.2, 0.25) is 5.02 Å². The van der Waals surface area contributed by atoms with Crippen LogP contribution in [-0.4, -0.2) is 53.9 Å². The minimum absolute atomic E-state index is 0.123. The zero-order chi connectivity index (χ0) is 26.2. The van der Waals surface area contributed by atoms with Gasteiger partial charge in [-0.05, 0) is 49.7 Å². The number of nitrogens with zero attached hydrogens (tertiary/aromatic N) is 2. The van der Waals surface area contributed by atoms with Crippen molar-refractivity contribution in [1.82, 2.24) is 25.9 Å². The molecule has 2 heterocycles. The number of rotatable bonds is 9. The minimum atomic E-state index is -0.340. The molecule has 0 aliphatic carbocycles. The van der Waals surface area contributed by atoms with Crippen molar-refractivity contribution >= 4 is 58.2 Å². The predicted molar refractivity (Wildman–Crippen MR) is 143 cm³/mol. The molecule has 11 nitrogen and oxygen atoms in total. The van der Waals surface area contributed by atoms with Crippen molar-refractivity contribution in [3.63, 3.8) is 0 Å². The van der Waals surface area contributed by atoms with E-state index in [9.17, 15) is 14.4 Å². The molecule has 0 spiro atoms. The Morgan fingerprint density at radius 2 is 1.89 bits per heavy atom. The normalized spacial score (nSPS) is 14.5. The van der Waals surface area contributed by atoms with Crippen molar-refractivity contribution in [1.29, 1.82) is 0 Å². The van der Waals surface area contributed by atoms with Gasteiger partial charge in [0.05, 0.1) is 30.0 Å². The summed E-state index contributed by atoms with van der Waals surface area (Å²) >= 11 is 6.29. The molecule has 1 atom stereocenters. The van der Waals surface area contributed by atoms with Crippen LogP contribution in [0.1, 0.15) is 23.2 Å². The predicted octanol–water partition coefficient (Wildman–Crippen LogP) is 2.78. The van der Waals surface area contributed by atoms with Gasteiger partial charge in [0, 0.05) is 18.4 Å². The second-order valence-electron chi connectivity index (χ2n) is 8.26. The van der Waals surface area contributed by atoms with E-state index in [1.807, 2.05) is 0 Å². The largest absolute Gasteiger partial charge is 0.355 e. The van der Waals surface area contributed by atoms with Crippen LogP contribution in [0, 0.1) is 0 Å². The van der Waals surface area contributed by atoms with Gasteiger partial charge in [-0.25, -0.2) is 4.98 Å². The Balaban J connectivity index is 1.40. The smallest absolute Gasteiger partial charge is 0.253 e. The van der Waals surface area contributed by atoms with E-state index in [0.29, 0.717) is 28.4 Å². The first kappa shape index (κ1) is 25.9. The summed E-state index contributed by atoms with van der Waals surface area (Å²) in [5.41, 5.74) is 2.13. The quantitative estimate of drug-likeness (QED) is 0.251. The third-order valence-corrected chi connectivity index (χ3v) is 5.87. The van der Waals surface area contributed by atoms with Crippen LogP contribution < -0.4 is 31.9 Å². The standard InChI is InChI=1S/C25H27ClN8O3/c1-27-23(36)17-8-2-3-9-19(17)33-22-18(26)13-30-25(34-22)32-16-7-4-6-15(12-16)31-21(35)14-29-24(37)20-10-5-11-28-20/h2-4,6-9,12-13,20,28H,5,10-11,14H2,1H3,(H,27,36)(H,29,37)(H,31,35)(H2,30,32,33,34). The maximum Gasteiger partial charge on any atom is 0.253 e. The summed E-state index contributed by atoms with van der Waals surface area (Å²) < 4.78 is 0. The van der Waals surface area contributed by atoms with Gasteiger partial charge in [0.15, 0.2) is 5.82 Å². The lowest BCUT2D eigenvalue weighted by molar-refractivity contribution is -0.125. The van der Waals surface area contributed by atoms with Gasteiger partial charge in [-0.1, -0.05) is 29.8 Å².